The van der Waals surface area contributed by atoms with Crippen LogP contribution in [0.2, 0.25) is 5.02 Å². The van der Waals surface area contributed by atoms with Gasteiger partial charge in [-0.1, -0.05) is 24.9 Å². The maximum Gasteiger partial charge on any atom is 0.247 e. The Morgan fingerprint density at radius 3 is 2.71 bits per heavy atom. The van der Waals surface area contributed by atoms with Gasteiger partial charge in [-0.2, -0.15) is 0 Å². The molecule has 6 rings (SSSR count). The number of nitrogens with zero attached hydrogens (tertiary/aromatic N) is 2. The summed E-state index contributed by atoms with van der Waals surface area (Å²) in [6, 6.07) is 11.8. The van der Waals surface area contributed by atoms with Gasteiger partial charge in [0.05, 0.1) is 28.0 Å². The number of nitrogens with one attached hydrogen (secondary N) is 2. The molecule has 6 nitrogen and oxygen atoms in total. The van der Waals surface area contributed by atoms with Gasteiger partial charge in [0.15, 0.2) is 5.82 Å². The molecule has 2 atom stereocenters. The fourth-order valence-corrected chi connectivity index (χ4v) is 6.07. The third-order valence-corrected chi connectivity index (χ3v) is 8.38. The van der Waals surface area contributed by atoms with E-state index in [4.69, 9.17) is 11.6 Å². The number of aromatic nitrogens is 2. The second kappa shape index (κ2) is 10.7. The van der Waals surface area contributed by atoms with Crippen LogP contribution in [0, 0.1) is 24.5 Å². The molecule has 41 heavy (non-hydrogen) atoms. The zero-order chi connectivity index (χ0) is 28.8. The predicted molar refractivity (Wildman–Crippen MR) is 156 cm³/mol. The Balaban J connectivity index is 1.41. The van der Waals surface area contributed by atoms with Crippen LogP contribution in [0.4, 0.5) is 14.5 Å². The van der Waals surface area contributed by atoms with Crippen LogP contribution in [0.25, 0.3) is 27.6 Å². The zero-order valence-corrected chi connectivity index (χ0v) is 23.5. The molecule has 4 aromatic rings. The van der Waals surface area contributed by atoms with Crippen molar-refractivity contribution in [1.29, 1.82) is 0 Å². The molecule has 2 aliphatic heterocycles. The van der Waals surface area contributed by atoms with Gasteiger partial charge in [-0.25, -0.2) is 8.78 Å². The average Bonchev–Trinajstić information content (AvgIpc) is 3.31. The van der Waals surface area contributed by atoms with Crippen molar-refractivity contribution in [3.63, 3.8) is 0 Å². The summed E-state index contributed by atoms with van der Waals surface area (Å²) < 4.78 is 29.3. The average molecular weight is 575 g/mol. The minimum Gasteiger partial charge on any atom is -0.359 e. The molecular weight excluding hydrogens is 546 g/mol. The highest BCUT2D eigenvalue weighted by Gasteiger charge is 2.31. The number of hydrogen-bond acceptors (Lipinski definition) is 3. The van der Waals surface area contributed by atoms with Gasteiger partial charge < -0.3 is 15.2 Å². The minimum atomic E-state index is -0.864. The number of anilines is 1. The third kappa shape index (κ3) is 5.12. The first-order chi connectivity index (χ1) is 19.7. The Hall–Kier alpha value is -4.04. The number of pyridine rings is 1. The van der Waals surface area contributed by atoms with Gasteiger partial charge in [0.2, 0.25) is 11.8 Å². The van der Waals surface area contributed by atoms with Crippen LogP contribution < -0.4 is 5.32 Å². The fraction of sp³-hybridized carbons (Fsp3) is 0.281. The largest absolute Gasteiger partial charge is 0.359 e. The Labute approximate surface area is 241 Å². The van der Waals surface area contributed by atoms with Crippen LogP contribution in [0.3, 0.4) is 0 Å². The van der Waals surface area contributed by atoms with E-state index in [0.717, 1.165) is 39.5 Å². The molecule has 0 aliphatic carbocycles. The van der Waals surface area contributed by atoms with E-state index in [0.29, 0.717) is 24.9 Å². The van der Waals surface area contributed by atoms with E-state index in [1.54, 1.807) is 11.1 Å². The summed E-state index contributed by atoms with van der Waals surface area (Å²) in [5.41, 5.74) is 5.14. The summed E-state index contributed by atoms with van der Waals surface area (Å²) in [7, 11) is 0. The van der Waals surface area contributed by atoms with E-state index in [9.17, 15) is 18.4 Å². The number of carbonyl (C=O) groups excluding carboxylic acids is 2. The molecule has 0 spiro atoms. The topological polar surface area (TPSA) is 78.1 Å². The van der Waals surface area contributed by atoms with Crippen LogP contribution in [-0.4, -0.2) is 33.2 Å². The second-order valence-electron chi connectivity index (χ2n) is 10.9. The molecular formula is C32H29ClF2N4O2. The highest BCUT2D eigenvalue weighted by molar-refractivity contribution is 6.31. The Morgan fingerprint density at radius 1 is 1.07 bits per heavy atom. The molecule has 0 fully saturated rings. The fourth-order valence-electron chi connectivity index (χ4n) is 5.92. The van der Waals surface area contributed by atoms with Gasteiger partial charge in [0.1, 0.15) is 5.82 Å². The van der Waals surface area contributed by atoms with Crippen molar-refractivity contribution >= 4 is 45.6 Å². The second-order valence-corrected chi connectivity index (χ2v) is 11.3. The lowest BCUT2D eigenvalue weighted by atomic mass is 9.92. The van der Waals surface area contributed by atoms with Gasteiger partial charge in [0.25, 0.3) is 0 Å². The summed E-state index contributed by atoms with van der Waals surface area (Å²) in [5, 5.41) is 3.96. The molecule has 9 heteroatoms. The highest BCUT2D eigenvalue weighted by Crippen LogP contribution is 2.38. The number of carbonyl (C=O) groups is 2. The summed E-state index contributed by atoms with van der Waals surface area (Å²) >= 11 is 5.91. The number of hydrogen-bond donors (Lipinski definition) is 2. The normalized spacial score (nSPS) is 19.7. The van der Waals surface area contributed by atoms with Gasteiger partial charge >= 0.3 is 0 Å². The van der Waals surface area contributed by atoms with Crippen LogP contribution in [0.15, 0.2) is 54.7 Å². The molecule has 210 valence electrons. The van der Waals surface area contributed by atoms with Crippen molar-refractivity contribution in [3.8, 4) is 11.1 Å². The molecule has 2 aliphatic rings. The van der Waals surface area contributed by atoms with E-state index < -0.39 is 11.6 Å². The summed E-state index contributed by atoms with van der Waals surface area (Å²) in [6.45, 7) is 4.16. The van der Waals surface area contributed by atoms with E-state index >= 15 is 0 Å². The molecule has 2 N–H and O–H groups in total. The molecule has 2 bridgehead atoms. The quantitative estimate of drug-likeness (QED) is 0.242. The number of halogens is 3. The van der Waals surface area contributed by atoms with Crippen LogP contribution in [0.1, 0.15) is 55.6 Å². The van der Waals surface area contributed by atoms with Gasteiger partial charge in [-0.05, 0) is 79.8 Å². The zero-order valence-electron chi connectivity index (χ0n) is 22.7. The Bertz CT molecular complexity index is 1730. The molecule has 2 aromatic carbocycles. The van der Waals surface area contributed by atoms with E-state index in [1.165, 1.54) is 12.1 Å². The highest BCUT2D eigenvalue weighted by atomic mass is 35.5. The van der Waals surface area contributed by atoms with Crippen molar-refractivity contribution in [1.82, 2.24) is 14.9 Å². The van der Waals surface area contributed by atoms with Gasteiger partial charge in [-0.3, -0.25) is 14.6 Å². The van der Waals surface area contributed by atoms with Crippen LogP contribution in [0.5, 0.6) is 0 Å². The summed E-state index contributed by atoms with van der Waals surface area (Å²) in [4.78, 5) is 36.4. The number of aromatic amines is 1. The summed E-state index contributed by atoms with van der Waals surface area (Å²) in [5.74, 6) is -2.26. The van der Waals surface area contributed by atoms with E-state index in [1.807, 2.05) is 38.1 Å². The molecule has 0 unspecified atom stereocenters. The van der Waals surface area contributed by atoms with Gasteiger partial charge in [-0.15, -0.1) is 0 Å². The third-order valence-electron chi connectivity index (χ3n) is 8.09. The molecule has 0 saturated heterocycles. The smallest absolute Gasteiger partial charge is 0.247 e. The lowest BCUT2D eigenvalue weighted by Gasteiger charge is -2.34. The number of benzene rings is 2. The maximum atomic E-state index is 14.7. The van der Waals surface area contributed by atoms with E-state index in [-0.39, 0.29) is 52.9 Å². The Morgan fingerprint density at radius 2 is 1.90 bits per heavy atom. The monoisotopic (exact) mass is 574 g/mol. The molecule has 0 radical (unpaired) electrons. The SMILES string of the molecule is Cc1cc2cc3c(cc2[nH]1)NC(=O)[C@H](C)CCC[C@H](N1CCC(c2c(F)ccc(Cl)c2F)=CC1=O)c1cc-3ccn1. The van der Waals surface area contributed by atoms with Gasteiger partial charge in [0, 0.05) is 46.9 Å². The molecule has 4 heterocycles. The van der Waals surface area contributed by atoms with Crippen molar-refractivity contribution in [2.24, 2.45) is 5.92 Å². The number of aryl methyl sites for hydroxylation is 1. The summed E-state index contributed by atoms with van der Waals surface area (Å²) in [6.07, 6.45) is 5.19. The molecule has 0 saturated carbocycles. The maximum absolute atomic E-state index is 14.7. The van der Waals surface area contributed by atoms with Crippen molar-refractivity contribution in [2.45, 2.75) is 45.6 Å². The predicted octanol–water partition coefficient (Wildman–Crippen LogP) is 7.59. The minimum absolute atomic E-state index is 0.0625. The lowest BCUT2D eigenvalue weighted by molar-refractivity contribution is -0.129. The molecule has 2 aromatic heterocycles. The van der Waals surface area contributed by atoms with Crippen molar-refractivity contribution in [2.75, 3.05) is 11.9 Å². The van der Waals surface area contributed by atoms with E-state index in [2.05, 4.69) is 21.4 Å². The van der Waals surface area contributed by atoms with Crippen LogP contribution in [-0.2, 0) is 9.59 Å². The van der Waals surface area contributed by atoms with Crippen molar-refractivity contribution in [3.05, 3.63) is 88.3 Å². The number of rotatable bonds is 2. The Kier molecular flexibility index (Phi) is 7.11. The first kappa shape index (κ1) is 27.1. The lowest BCUT2D eigenvalue weighted by Crippen LogP contribution is -2.38. The van der Waals surface area contributed by atoms with Crippen LogP contribution >= 0.6 is 11.6 Å². The standard InChI is InChI=1S/C32H29ClF2N4O2/c1-17-4-3-5-28(39-11-9-20(15-29(39)40)30-24(34)7-6-23(33)31(30)35)27-14-19(8-10-36-27)22-13-21-12-18(2)37-25(21)16-26(22)38-32(17)41/h6-8,10,12-17,28,37H,3-5,9,11H2,1-2H3,(H,38,41)/t17-,28+/m1/s1. The first-order valence-electron chi connectivity index (χ1n) is 13.7. The number of amides is 2. The van der Waals surface area contributed by atoms with Crippen molar-refractivity contribution < 1.29 is 18.4 Å². The number of H-pyrrole nitrogens is 1. The molecule has 2 amide bonds. The number of fused-ring (bicyclic) bond motifs is 5. The first-order valence-corrected chi connectivity index (χ1v) is 14.1.